The lowest BCUT2D eigenvalue weighted by Gasteiger charge is -2.61. The van der Waals surface area contributed by atoms with Crippen molar-refractivity contribution in [3.63, 3.8) is 0 Å². The van der Waals surface area contributed by atoms with E-state index in [1.54, 1.807) is 0 Å². The minimum Gasteiger partial charge on any atom is -0.396 e. The third-order valence-corrected chi connectivity index (χ3v) is 9.24. The Morgan fingerprint density at radius 3 is 2.52 bits per heavy atom. The van der Waals surface area contributed by atoms with Gasteiger partial charge in [0.2, 0.25) is 0 Å². The van der Waals surface area contributed by atoms with Gasteiger partial charge in [0.05, 0.1) is 6.10 Å². The van der Waals surface area contributed by atoms with Gasteiger partial charge in [-0.1, -0.05) is 19.8 Å². The van der Waals surface area contributed by atoms with Crippen LogP contribution in [0.5, 0.6) is 0 Å². The number of fused-ring (bicyclic) bond motifs is 5. The highest BCUT2D eigenvalue weighted by atomic mass is 16.3. The van der Waals surface area contributed by atoms with E-state index >= 15 is 0 Å². The fraction of sp³-hybridized carbons (Fsp3) is 1.00. The third kappa shape index (κ3) is 2.20. The van der Waals surface area contributed by atoms with Crippen LogP contribution in [-0.4, -0.2) is 22.9 Å². The van der Waals surface area contributed by atoms with E-state index in [4.69, 9.17) is 0 Å². The average Bonchev–Trinajstić information content (AvgIpc) is 2.94. The van der Waals surface area contributed by atoms with E-state index in [-0.39, 0.29) is 11.5 Å². The number of hydrogen-bond donors (Lipinski definition) is 2. The average molecular weight is 321 g/mol. The van der Waals surface area contributed by atoms with Crippen LogP contribution in [0.3, 0.4) is 0 Å². The van der Waals surface area contributed by atoms with Gasteiger partial charge < -0.3 is 10.2 Å². The maximum Gasteiger partial charge on any atom is 0.0546 e. The van der Waals surface area contributed by atoms with Crippen LogP contribution in [0.25, 0.3) is 0 Å². The van der Waals surface area contributed by atoms with Gasteiger partial charge in [-0.05, 0) is 93.3 Å². The molecule has 0 amide bonds. The summed E-state index contributed by atoms with van der Waals surface area (Å²) in [4.78, 5) is 0. The number of rotatable bonds is 2. The molecule has 2 N–H and O–H groups in total. The molecule has 0 saturated heterocycles. The highest BCUT2D eigenvalue weighted by Crippen LogP contribution is 2.67. The zero-order valence-corrected chi connectivity index (χ0v) is 15.1. The van der Waals surface area contributed by atoms with Gasteiger partial charge in [0.25, 0.3) is 0 Å². The summed E-state index contributed by atoms with van der Waals surface area (Å²) in [5.41, 5.74) is 0.610. The lowest BCUT2D eigenvalue weighted by molar-refractivity contribution is -0.137. The molecule has 2 nitrogen and oxygen atoms in total. The van der Waals surface area contributed by atoms with Gasteiger partial charge in [0, 0.05) is 12.0 Å². The standard InChI is InChI=1S/C21H36O2/c1-14(23)17-8-9-19-16-7-6-15-5-3-4-11-20(15,2)18(16)10-12-21(17,19)13-22/h14-19,22-23H,3-13H2,1-2H3/t14?,15?,16-,17-,18+,19+,20+,21+/m1/s1. The van der Waals surface area contributed by atoms with Crippen LogP contribution >= 0.6 is 0 Å². The Balaban J connectivity index is 1.64. The van der Waals surface area contributed by atoms with Gasteiger partial charge >= 0.3 is 0 Å². The summed E-state index contributed by atoms with van der Waals surface area (Å²) in [5.74, 6) is 3.67. The molecule has 23 heavy (non-hydrogen) atoms. The molecule has 4 aliphatic carbocycles. The second-order valence-electron chi connectivity index (χ2n) is 9.76. The molecule has 4 saturated carbocycles. The number of aliphatic hydroxyl groups is 2. The Bertz CT molecular complexity index is 447. The zero-order valence-electron chi connectivity index (χ0n) is 15.1. The van der Waals surface area contributed by atoms with Gasteiger partial charge in [-0.25, -0.2) is 0 Å². The van der Waals surface area contributed by atoms with E-state index in [2.05, 4.69) is 6.92 Å². The molecular weight excluding hydrogens is 284 g/mol. The van der Waals surface area contributed by atoms with Crippen molar-refractivity contribution in [1.29, 1.82) is 0 Å². The first-order valence-electron chi connectivity index (χ1n) is 10.3. The van der Waals surface area contributed by atoms with Crippen LogP contribution < -0.4 is 0 Å². The van der Waals surface area contributed by atoms with Crippen molar-refractivity contribution in [2.45, 2.75) is 84.2 Å². The molecule has 0 spiro atoms. The predicted octanol–water partition coefficient (Wildman–Crippen LogP) is 4.39. The normalized spacial score (nSPS) is 54.0. The van der Waals surface area contributed by atoms with E-state index < -0.39 is 0 Å². The molecule has 2 unspecified atom stereocenters. The summed E-state index contributed by atoms with van der Waals surface area (Å²) in [5, 5.41) is 20.7. The monoisotopic (exact) mass is 320 g/mol. The van der Waals surface area contributed by atoms with Crippen LogP contribution in [0.15, 0.2) is 0 Å². The summed E-state index contributed by atoms with van der Waals surface area (Å²) in [6.45, 7) is 4.87. The molecule has 0 aromatic heterocycles. The zero-order chi connectivity index (χ0) is 16.2. The van der Waals surface area contributed by atoms with Crippen molar-refractivity contribution in [2.75, 3.05) is 6.61 Å². The fourth-order valence-corrected chi connectivity index (χ4v) is 8.18. The molecule has 4 aliphatic rings. The van der Waals surface area contributed by atoms with E-state index in [1.165, 1.54) is 51.4 Å². The van der Waals surface area contributed by atoms with Crippen molar-refractivity contribution >= 4 is 0 Å². The molecule has 0 aromatic carbocycles. The highest BCUT2D eigenvalue weighted by Gasteiger charge is 2.61. The lowest BCUT2D eigenvalue weighted by atomic mass is 9.44. The molecule has 4 rings (SSSR count). The first kappa shape index (κ1) is 16.4. The largest absolute Gasteiger partial charge is 0.396 e. The molecule has 8 atom stereocenters. The van der Waals surface area contributed by atoms with Crippen LogP contribution in [0.1, 0.15) is 78.1 Å². The SMILES string of the molecule is CC(O)[C@H]1CC[C@H]2[C@@H]3CCC4CCCC[C@]4(C)[C@H]3CC[C@]12CO. The predicted molar refractivity (Wildman–Crippen MR) is 92.9 cm³/mol. The van der Waals surface area contributed by atoms with Gasteiger partial charge in [0.1, 0.15) is 0 Å². The Kier molecular flexibility index (Phi) is 4.08. The summed E-state index contributed by atoms with van der Waals surface area (Å²) in [7, 11) is 0. The molecule has 4 fully saturated rings. The van der Waals surface area contributed by atoms with Crippen molar-refractivity contribution in [2.24, 2.45) is 40.4 Å². The minimum absolute atomic E-state index is 0.0349. The lowest BCUT2D eigenvalue weighted by Crippen LogP contribution is -2.55. The van der Waals surface area contributed by atoms with Gasteiger partial charge in [0.15, 0.2) is 0 Å². The second-order valence-corrected chi connectivity index (χ2v) is 9.76. The van der Waals surface area contributed by atoms with Crippen molar-refractivity contribution in [3.8, 4) is 0 Å². The van der Waals surface area contributed by atoms with Crippen molar-refractivity contribution < 1.29 is 10.2 Å². The van der Waals surface area contributed by atoms with E-state index in [1.807, 2.05) is 6.92 Å². The molecule has 0 bridgehead atoms. The van der Waals surface area contributed by atoms with E-state index in [0.717, 1.165) is 30.6 Å². The van der Waals surface area contributed by atoms with Gasteiger partial charge in [-0.3, -0.25) is 0 Å². The maximum atomic E-state index is 10.3. The first-order valence-corrected chi connectivity index (χ1v) is 10.3. The quantitative estimate of drug-likeness (QED) is 0.792. The number of aliphatic hydroxyl groups excluding tert-OH is 2. The maximum absolute atomic E-state index is 10.3. The minimum atomic E-state index is -0.259. The van der Waals surface area contributed by atoms with Gasteiger partial charge in [-0.15, -0.1) is 0 Å². The number of hydrogen-bond acceptors (Lipinski definition) is 2. The summed E-state index contributed by atoms with van der Waals surface area (Å²) < 4.78 is 0. The Morgan fingerprint density at radius 2 is 1.78 bits per heavy atom. The molecule has 0 heterocycles. The molecule has 2 heteroatoms. The Morgan fingerprint density at radius 1 is 0.957 bits per heavy atom. The highest BCUT2D eigenvalue weighted by molar-refractivity contribution is 5.10. The van der Waals surface area contributed by atoms with Crippen LogP contribution in [0.2, 0.25) is 0 Å². The first-order chi connectivity index (χ1) is 11.0. The summed E-state index contributed by atoms with van der Waals surface area (Å²) >= 11 is 0. The molecule has 0 aromatic rings. The van der Waals surface area contributed by atoms with E-state index in [9.17, 15) is 10.2 Å². The smallest absolute Gasteiger partial charge is 0.0546 e. The van der Waals surface area contributed by atoms with Crippen LogP contribution in [0, 0.1) is 40.4 Å². The molecular formula is C21H36O2. The fourth-order valence-electron chi connectivity index (χ4n) is 8.18. The Hall–Kier alpha value is -0.0800. The van der Waals surface area contributed by atoms with E-state index in [0.29, 0.717) is 23.9 Å². The second kappa shape index (κ2) is 5.73. The summed E-state index contributed by atoms with van der Waals surface area (Å²) in [6, 6.07) is 0. The van der Waals surface area contributed by atoms with Crippen LogP contribution in [-0.2, 0) is 0 Å². The van der Waals surface area contributed by atoms with Crippen molar-refractivity contribution in [1.82, 2.24) is 0 Å². The van der Waals surface area contributed by atoms with Gasteiger partial charge in [-0.2, -0.15) is 0 Å². The van der Waals surface area contributed by atoms with Crippen molar-refractivity contribution in [3.05, 3.63) is 0 Å². The molecule has 0 aliphatic heterocycles. The topological polar surface area (TPSA) is 40.5 Å². The molecule has 0 radical (unpaired) electrons. The molecule has 132 valence electrons. The summed E-state index contributed by atoms with van der Waals surface area (Å²) in [6.07, 6.45) is 13.2. The third-order valence-electron chi connectivity index (χ3n) is 9.24. The van der Waals surface area contributed by atoms with Crippen LogP contribution in [0.4, 0.5) is 0 Å². The Labute approximate surface area is 142 Å².